The number of pyridine rings is 1. The molecule has 1 N–H and O–H groups in total. The van der Waals surface area contributed by atoms with Crippen LogP contribution in [0.15, 0.2) is 66.9 Å². The van der Waals surface area contributed by atoms with Crippen LogP contribution in [0.1, 0.15) is 105 Å². The standard InChI is InChI=1S/C64H67F2N11O10/c1-6-43-48(65)15-10-37-8-7-9-45(51(37)43)53-52(66)54-47(30-67-53)55(74-32-40-11-12-41(33-74)76(40)62(84)87-63(3,4)5)70-60(69-54)86-35-64-21-18-42(75(64)31-36(2)29-64)34-85-61(83)73-26-24-72(25-27-73)57(80)38-19-22-71(23-20-38)39-13-14-44-46(28-39)59(82)77(58(44)81)49-16-17-50(78)68-56(49)79/h1,7-10,13-15,28,30,38,40-42,49H,2,11-12,16-27,29,31-35H2,3-5H3,(H,68,78,79)/t40-,41+,42-,49?,64-/m0/s1. The van der Waals surface area contributed by atoms with Crippen LogP contribution in [0.25, 0.3) is 32.9 Å². The first-order valence-electron chi connectivity index (χ1n) is 29.9. The molecule has 7 amide bonds. The van der Waals surface area contributed by atoms with Crippen molar-refractivity contribution in [2.75, 3.05) is 81.9 Å². The van der Waals surface area contributed by atoms with Gasteiger partial charge in [0.2, 0.25) is 17.7 Å². The number of carbonyl (C=O) groups is 7. The zero-order valence-corrected chi connectivity index (χ0v) is 48.8. The van der Waals surface area contributed by atoms with Crippen LogP contribution in [0.5, 0.6) is 6.01 Å². The van der Waals surface area contributed by atoms with E-state index < -0.39 is 58.5 Å². The van der Waals surface area contributed by atoms with Gasteiger partial charge in [-0.1, -0.05) is 42.3 Å². The highest BCUT2D eigenvalue weighted by molar-refractivity contribution is 6.23. The van der Waals surface area contributed by atoms with Crippen molar-refractivity contribution in [1.82, 2.24) is 44.8 Å². The van der Waals surface area contributed by atoms with E-state index in [1.165, 1.54) is 12.3 Å². The van der Waals surface area contributed by atoms with E-state index in [9.17, 15) is 33.6 Å². The number of amides is 7. The Morgan fingerprint density at radius 3 is 2.30 bits per heavy atom. The fourth-order valence-electron chi connectivity index (χ4n) is 14.5. The van der Waals surface area contributed by atoms with Crippen molar-refractivity contribution in [2.45, 2.75) is 114 Å². The zero-order valence-electron chi connectivity index (χ0n) is 48.8. The van der Waals surface area contributed by atoms with Crippen LogP contribution < -0.4 is 19.9 Å². The molecule has 1 unspecified atom stereocenters. The van der Waals surface area contributed by atoms with E-state index in [0.29, 0.717) is 119 Å². The minimum Gasteiger partial charge on any atom is -0.461 e. The first-order valence-corrected chi connectivity index (χ1v) is 29.9. The lowest BCUT2D eigenvalue weighted by Crippen LogP contribution is -2.57. The molecule has 87 heavy (non-hydrogen) atoms. The van der Waals surface area contributed by atoms with Gasteiger partial charge >= 0.3 is 18.2 Å². The van der Waals surface area contributed by atoms with Gasteiger partial charge in [0.1, 0.15) is 47.7 Å². The number of piperidine rings is 2. The molecule has 0 radical (unpaired) electrons. The maximum atomic E-state index is 17.5. The van der Waals surface area contributed by atoms with E-state index in [1.54, 1.807) is 52.3 Å². The predicted molar refractivity (Wildman–Crippen MR) is 314 cm³/mol. The lowest BCUT2D eigenvalue weighted by Gasteiger charge is -2.42. The highest BCUT2D eigenvalue weighted by Crippen LogP contribution is 2.46. The number of carbonyl (C=O) groups excluding carboxylic acids is 7. The van der Waals surface area contributed by atoms with Crippen LogP contribution in [0.4, 0.5) is 29.9 Å². The quantitative estimate of drug-likeness (QED) is 0.0860. The lowest BCUT2D eigenvalue weighted by atomic mass is 9.94. The van der Waals surface area contributed by atoms with E-state index in [2.05, 4.69) is 32.6 Å². The second kappa shape index (κ2) is 22.2. The number of aromatic nitrogens is 3. The number of nitrogens with zero attached hydrogens (tertiary/aromatic N) is 10. The highest BCUT2D eigenvalue weighted by atomic mass is 19.1. The molecule has 8 aliphatic rings. The number of fused-ring (bicyclic) bond motifs is 6. The van der Waals surface area contributed by atoms with E-state index >= 15 is 8.78 Å². The predicted octanol–water partition coefficient (Wildman–Crippen LogP) is 6.83. The largest absolute Gasteiger partial charge is 0.461 e. The zero-order chi connectivity index (χ0) is 60.8. The third-order valence-corrected chi connectivity index (χ3v) is 18.7. The Balaban J connectivity index is 0.651. The molecule has 2 bridgehead atoms. The first-order chi connectivity index (χ1) is 41.8. The summed E-state index contributed by atoms with van der Waals surface area (Å²) in [7, 11) is 0. The molecular weight excluding hydrogens is 1120 g/mol. The summed E-state index contributed by atoms with van der Waals surface area (Å²) in [6.07, 6.45) is 11.2. The topological polar surface area (TPSA) is 221 Å². The maximum Gasteiger partial charge on any atom is 0.410 e. The Bertz CT molecular complexity index is 3780. The minimum atomic E-state index is -1.05. The Morgan fingerprint density at radius 2 is 1.57 bits per heavy atom. The third-order valence-electron chi connectivity index (χ3n) is 18.7. The second-order valence-corrected chi connectivity index (χ2v) is 25.2. The number of hydrogen-bond donors (Lipinski definition) is 1. The summed E-state index contributed by atoms with van der Waals surface area (Å²) >= 11 is 0. The Kier molecular flexibility index (Phi) is 14.6. The number of halogens is 2. The van der Waals surface area contributed by atoms with Crippen molar-refractivity contribution in [1.29, 1.82) is 0 Å². The van der Waals surface area contributed by atoms with Crippen LogP contribution >= 0.6 is 0 Å². The minimum absolute atomic E-state index is 0.0119. The molecule has 0 aliphatic carbocycles. The van der Waals surface area contributed by atoms with Crippen LogP contribution in [0.3, 0.4) is 0 Å². The van der Waals surface area contributed by atoms with Crippen molar-refractivity contribution in [3.05, 3.63) is 95.2 Å². The van der Waals surface area contributed by atoms with Gasteiger partial charge in [0.15, 0.2) is 5.82 Å². The van der Waals surface area contributed by atoms with Gasteiger partial charge in [-0.15, -0.1) is 6.42 Å². The van der Waals surface area contributed by atoms with Crippen molar-refractivity contribution in [3.63, 3.8) is 0 Å². The molecule has 5 aromatic rings. The Hall–Kier alpha value is -8.78. The summed E-state index contributed by atoms with van der Waals surface area (Å²) in [6, 6.07) is 11.4. The van der Waals surface area contributed by atoms with Gasteiger partial charge in [0, 0.05) is 100 Å². The first kappa shape index (κ1) is 57.3. The van der Waals surface area contributed by atoms with E-state index in [-0.39, 0.29) is 96.0 Å². The van der Waals surface area contributed by atoms with Gasteiger partial charge in [-0.3, -0.25) is 49.0 Å². The summed E-state index contributed by atoms with van der Waals surface area (Å²) in [4.78, 5) is 119. The van der Waals surface area contributed by atoms with Crippen molar-refractivity contribution in [3.8, 4) is 29.6 Å². The summed E-state index contributed by atoms with van der Waals surface area (Å²) in [6.45, 7) is 13.8. The molecule has 8 aliphatic heterocycles. The average molecular weight is 1190 g/mol. The molecule has 0 spiro atoms. The molecule has 2 aromatic heterocycles. The summed E-state index contributed by atoms with van der Waals surface area (Å²) in [5.74, 6) is -0.994. The molecule has 23 heteroatoms. The second-order valence-electron chi connectivity index (χ2n) is 25.2. The summed E-state index contributed by atoms with van der Waals surface area (Å²) in [5.41, 5.74) is 1.04. The number of hydrogen-bond acceptors (Lipinski definition) is 16. The van der Waals surface area contributed by atoms with Crippen LogP contribution in [0, 0.1) is 29.9 Å². The molecule has 7 fully saturated rings. The van der Waals surface area contributed by atoms with Gasteiger partial charge in [0.25, 0.3) is 11.8 Å². The van der Waals surface area contributed by atoms with Crippen molar-refractivity contribution < 1.29 is 56.6 Å². The molecule has 452 valence electrons. The van der Waals surface area contributed by atoms with Crippen LogP contribution in [-0.2, 0) is 23.9 Å². The molecule has 3 aromatic carbocycles. The van der Waals surface area contributed by atoms with Gasteiger partial charge in [0.05, 0.1) is 39.7 Å². The number of piperazine rings is 2. The van der Waals surface area contributed by atoms with Gasteiger partial charge < -0.3 is 33.8 Å². The number of nitrogens with one attached hydrogen (secondary N) is 1. The monoisotopic (exact) mass is 1190 g/mol. The van der Waals surface area contributed by atoms with Gasteiger partial charge in [-0.2, -0.15) is 9.97 Å². The highest BCUT2D eigenvalue weighted by Gasteiger charge is 2.52. The lowest BCUT2D eigenvalue weighted by molar-refractivity contribution is -0.138. The fraction of sp³-hybridized carbons (Fsp3) is 0.469. The molecule has 13 rings (SSSR count). The number of anilines is 2. The number of rotatable bonds is 10. The molecule has 10 heterocycles. The number of terminal acetylenes is 1. The molecule has 7 saturated heterocycles. The summed E-state index contributed by atoms with van der Waals surface area (Å²) in [5, 5.41) is 3.51. The van der Waals surface area contributed by atoms with Crippen LogP contribution in [0.2, 0.25) is 0 Å². The summed E-state index contributed by atoms with van der Waals surface area (Å²) < 4.78 is 51.2. The van der Waals surface area contributed by atoms with Crippen LogP contribution in [-0.4, -0.2) is 189 Å². The van der Waals surface area contributed by atoms with Gasteiger partial charge in [-0.05, 0) is 102 Å². The van der Waals surface area contributed by atoms with Crippen molar-refractivity contribution >= 4 is 74.9 Å². The normalized spacial score (nSPS) is 24.3. The smallest absolute Gasteiger partial charge is 0.410 e. The molecule has 5 atom stereocenters. The number of imide groups is 2. The Labute approximate surface area is 500 Å². The fourth-order valence-corrected chi connectivity index (χ4v) is 14.5. The molecule has 21 nitrogen and oxygen atoms in total. The maximum absolute atomic E-state index is 17.5. The van der Waals surface area contributed by atoms with Crippen molar-refractivity contribution in [2.24, 2.45) is 5.92 Å². The SMILES string of the molecule is C#Cc1c(F)ccc2cccc(-c3ncc4c(N5C[C@H]6CC[C@@H](C5)N6C(=O)OC(C)(C)C)nc(OC[C@@]56CC[C@@H](COC(=O)N7CCN(C(=O)C8CCN(c9ccc%10c(c9)C(=O)N(C9CCC(=O)NC9=O)C%10=O)CC8)CC7)N5CC(=C)C6)nc4c3F)c12. The average Bonchev–Trinajstić information content (AvgIpc) is 2.01. The third kappa shape index (κ3) is 10.4. The molecule has 0 saturated carbocycles. The van der Waals surface area contributed by atoms with E-state index in [0.717, 1.165) is 29.0 Å². The molecular formula is C64H67F2N11O10. The van der Waals surface area contributed by atoms with E-state index in [4.69, 9.17) is 30.6 Å². The van der Waals surface area contributed by atoms with Gasteiger partial charge in [-0.25, -0.2) is 18.4 Å². The Morgan fingerprint density at radius 1 is 0.839 bits per heavy atom. The number of ether oxygens (including phenoxy) is 3. The van der Waals surface area contributed by atoms with E-state index in [1.807, 2.05) is 30.6 Å². The number of benzene rings is 3.